The number of halogens is 1. The fourth-order valence-electron chi connectivity index (χ4n) is 1.37. The summed E-state index contributed by atoms with van der Waals surface area (Å²) in [7, 11) is 0. The van der Waals surface area contributed by atoms with Crippen LogP contribution in [-0.4, -0.2) is 29.3 Å². The van der Waals surface area contributed by atoms with Gasteiger partial charge < -0.3 is 10.4 Å². The second-order valence-electron chi connectivity index (χ2n) is 4.09. The molecule has 1 atom stereocenters. The third-order valence-electron chi connectivity index (χ3n) is 2.22. The molecule has 0 aliphatic heterocycles. The highest BCUT2D eigenvalue weighted by Crippen LogP contribution is 2.21. The molecular weight excluding hydrogens is 256 g/mol. The first kappa shape index (κ1) is 14.2. The molecule has 1 rings (SSSR count). The first-order valence-corrected chi connectivity index (χ1v) is 6.90. The van der Waals surface area contributed by atoms with E-state index in [9.17, 15) is 5.11 Å². The summed E-state index contributed by atoms with van der Waals surface area (Å²) < 4.78 is 0. The topological polar surface area (TPSA) is 56.0 Å². The number of aliphatic hydroxyl groups is 1. The molecule has 5 heteroatoms. The second-order valence-corrected chi connectivity index (χ2v) is 5.36. The summed E-state index contributed by atoms with van der Waals surface area (Å²) in [6, 6.07) is 7.13. The Morgan fingerprint density at radius 1 is 1.59 bits per heavy atom. The normalized spacial score (nSPS) is 13.8. The van der Waals surface area contributed by atoms with E-state index in [-0.39, 0.29) is 0 Å². The van der Waals surface area contributed by atoms with Gasteiger partial charge in [0.05, 0.1) is 16.2 Å². The molecule has 1 aromatic carbocycles. The standard InChI is InChI=1S/C12H15ClN2OS/c1-12(16,8-17-2)7-15-10-4-3-9(6-14)11(13)5-10/h3-5,15-16H,7-8H2,1-2H3/t12-/m1/s1. The summed E-state index contributed by atoms with van der Waals surface area (Å²) in [5, 5.41) is 22.2. The van der Waals surface area contributed by atoms with Crippen molar-refractivity contribution in [1.82, 2.24) is 0 Å². The minimum Gasteiger partial charge on any atom is -0.387 e. The number of rotatable bonds is 5. The van der Waals surface area contributed by atoms with Crippen LogP contribution >= 0.6 is 23.4 Å². The van der Waals surface area contributed by atoms with Crippen LogP contribution in [0.2, 0.25) is 5.02 Å². The molecule has 0 aliphatic carbocycles. The lowest BCUT2D eigenvalue weighted by Gasteiger charge is -2.23. The number of nitrogens with zero attached hydrogens (tertiary/aromatic N) is 1. The van der Waals surface area contributed by atoms with Crippen LogP contribution in [0.25, 0.3) is 0 Å². The number of thioether (sulfide) groups is 1. The van der Waals surface area contributed by atoms with E-state index in [1.54, 1.807) is 36.9 Å². The zero-order valence-electron chi connectivity index (χ0n) is 9.83. The lowest BCUT2D eigenvalue weighted by molar-refractivity contribution is 0.0997. The Hall–Kier alpha value is -0.890. The lowest BCUT2D eigenvalue weighted by atomic mass is 10.1. The average molecular weight is 271 g/mol. The Balaban J connectivity index is 2.65. The van der Waals surface area contributed by atoms with Crippen LogP contribution in [0.4, 0.5) is 5.69 Å². The molecule has 17 heavy (non-hydrogen) atoms. The highest BCUT2D eigenvalue weighted by molar-refractivity contribution is 7.98. The number of hydrogen-bond donors (Lipinski definition) is 2. The summed E-state index contributed by atoms with van der Waals surface area (Å²) in [6.45, 7) is 2.22. The quantitative estimate of drug-likeness (QED) is 0.864. The van der Waals surface area contributed by atoms with Crippen LogP contribution < -0.4 is 5.32 Å². The van der Waals surface area contributed by atoms with E-state index in [0.29, 0.717) is 22.9 Å². The van der Waals surface area contributed by atoms with Gasteiger partial charge in [0.15, 0.2) is 0 Å². The molecule has 0 spiro atoms. The molecule has 0 heterocycles. The molecular formula is C12H15ClN2OS. The minimum atomic E-state index is -0.764. The zero-order valence-corrected chi connectivity index (χ0v) is 11.4. The summed E-state index contributed by atoms with van der Waals surface area (Å²) in [5.74, 6) is 0.657. The van der Waals surface area contributed by atoms with Gasteiger partial charge in [0, 0.05) is 18.0 Å². The Labute approximate surface area is 111 Å². The Kier molecular flexibility index (Phi) is 5.13. The number of hydrogen-bond acceptors (Lipinski definition) is 4. The molecule has 0 aromatic heterocycles. The molecule has 2 N–H and O–H groups in total. The number of nitriles is 1. The molecule has 0 aliphatic rings. The van der Waals surface area contributed by atoms with Crippen molar-refractivity contribution in [3.63, 3.8) is 0 Å². The fourth-order valence-corrected chi connectivity index (χ4v) is 2.32. The molecule has 0 radical (unpaired) electrons. The van der Waals surface area contributed by atoms with Crippen LogP contribution in [0.15, 0.2) is 18.2 Å². The fraction of sp³-hybridized carbons (Fsp3) is 0.417. The Morgan fingerprint density at radius 2 is 2.29 bits per heavy atom. The van der Waals surface area contributed by atoms with Gasteiger partial charge in [0.25, 0.3) is 0 Å². The van der Waals surface area contributed by atoms with Crippen molar-refractivity contribution in [2.45, 2.75) is 12.5 Å². The van der Waals surface area contributed by atoms with Crippen molar-refractivity contribution in [3.8, 4) is 6.07 Å². The molecule has 92 valence electrons. The third-order valence-corrected chi connectivity index (χ3v) is 3.44. The molecule has 3 nitrogen and oxygen atoms in total. The summed E-state index contributed by atoms with van der Waals surface area (Å²) >= 11 is 7.51. The van der Waals surface area contributed by atoms with Gasteiger partial charge in [-0.3, -0.25) is 0 Å². The predicted molar refractivity (Wildman–Crippen MR) is 73.7 cm³/mol. The van der Waals surface area contributed by atoms with Crippen LogP contribution in [0.3, 0.4) is 0 Å². The van der Waals surface area contributed by atoms with E-state index < -0.39 is 5.60 Å². The molecule has 0 fully saturated rings. The predicted octanol–water partition coefficient (Wildman–Crippen LogP) is 2.74. The highest BCUT2D eigenvalue weighted by atomic mass is 35.5. The van der Waals surface area contributed by atoms with Gasteiger partial charge in [0.2, 0.25) is 0 Å². The summed E-state index contributed by atoms with van der Waals surface area (Å²) in [5.41, 5.74) is 0.489. The minimum absolute atomic E-state index is 0.419. The van der Waals surface area contributed by atoms with E-state index in [2.05, 4.69) is 5.32 Å². The van der Waals surface area contributed by atoms with Crippen LogP contribution in [-0.2, 0) is 0 Å². The van der Waals surface area contributed by atoms with Gasteiger partial charge in [-0.15, -0.1) is 0 Å². The monoisotopic (exact) mass is 270 g/mol. The van der Waals surface area contributed by atoms with Gasteiger partial charge in [-0.05, 0) is 31.4 Å². The maximum Gasteiger partial charge on any atom is 0.101 e. The first-order valence-electron chi connectivity index (χ1n) is 5.13. The molecule has 0 bridgehead atoms. The molecule has 0 amide bonds. The van der Waals surface area contributed by atoms with Crippen molar-refractivity contribution < 1.29 is 5.11 Å². The van der Waals surface area contributed by atoms with Crippen molar-refractivity contribution in [1.29, 1.82) is 5.26 Å². The number of anilines is 1. The van der Waals surface area contributed by atoms with E-state index in [1.807, 2.05) is 12.3 Å². The molecule has 0 saturated carbocycles. The lowest BCUT2D eigenvalue weighted by Crippen LogP contribution is -2.36. The maximum absolute atomic E-state index is 9.98. The van der Waals surface area contributed by atoms with Gasteiger partial charge in [-0.25, -0.2) is 0 Å². The largest absolute Gasteiger partial charge is 0.387 e. The van der Waals surface area contributed by atoms with Gasteiger partial charge in [0.1, 0.15) is 6.07 Å². The van der Waals surface area contributed by atoms with E-state index in [1.165, 1.54) is 0 Å². The molecule has 1 aromatic rings. The number of benzene rings is 1. The Morgan fingerprint density at radius 3 is 2.82 bits per heavy atom. The third kappa shape index (κ3) is 4.47. The average Bonchev–Trinajstić information content (AvgIpc) is 2.27. The first-order chi connectivity index (χ1) is 7.98. The second kappa shape index (κ2) is 6.15. The zero-order chi connectivity index (χ0) is 12.9. The summed E-state index contributed by atoms with van der Waals surface area (Å²) in [4.78, 5) is 0. The molecule has 0 saturated heterocycles. The van der Waals surface area contributed by atoms with Crippen molar-refractivity contribution in [2.75, 3.05) is 23.9 Å². The van der Waals surface area contributed by atoms with E-state index in [4.69, 9.17) is 16.9 Å². The SMILES string of the molecule is CSC[C@](C)(O)CNc1ccc(C#N)c(Cl)c1. The molecule has 0 unspecified atom stereocenters. The van der Waals surface area contributed by atoms with E-state index in [0.717, 1.165) is 5.69 Å². The van der Waals surface area contributed by atoms with Crippen molar-refractivity contribution in [2.24, 2.45) is 0 Å². The highest BCUT2D eigenvalue weighted by Gasteiger charge is 2.19. The van der Waals surface area contributed by atoms with Crippen LogP contribution in [0.1, 0.15) is 12.5 Å². The van der Waals surface area contributed by atoms with Crippen LogP contribution in [0, 0.1) is 11.3 Å². The van der Waals surface area contributed by atoms with Crippen LogP contribution in [0.5, 0.6) is 0 Å². The maximum atomic E-state index is 9.98. The summed E-state index contributed by atoms with van der Waals surface area (Å²) in [6.07, 6.45) is 1.95. The van der Waals surface area contributed by atoms with E-state index >= 15 is 0 Å². The number of nitrogens with one attached hydrogen (secondary N) is 1. The van der Waals surface area contributed by atoms with Gasteiger partial charge in [-0.2, -0.15) is 17.0 Å². The smallest absolute Gasteiger partial charge is 0.101 e. The van der Waals surface area contributed by atoms with Crippen molar-refractivity contribution in [3.05, 3.63) is 28.8 Å². The van der Waals surface area contributed by atoms with Gasteiger partial charge >= 0.3 is 0 Å². The van der Waals surface area contributed by atoms with Crippen molar-refractivity contribution >= 4 is 29.1 Å². The Bertz CT molecular complexity index is 429. The van der Waals surface area contributed by atoms with Gasteiger partial charge in [-0.1, -0.05) is 11.6 Å².